The minimum absolute atomic E-state index is 0.0922. The Morgan fingerprint density at radius 2 is 2.07 bits per heavy atom. The molecule has 1 aromatic carbocycles. The lowest BCUT2D eigenvalue weighted by Gasteiger charge is -2.02. The van der Waals surface area contributed by atoms with Crippen LogP contribution in [0.5, 0.6) is 0 Å². The minimum Gasteiger partial charge on any atom is -0.351 e. The van der Waals surface area contributed by atoms with Gasteiger partial charge in [0.2, 0.25) is 0 Å². The number of carbonyl (C=O) groups is 1. The molecule has 7 heteroatoms. The summed E-state index contributed by atoms with van der Waals surface area (Å²) in [6, 6.07) is 4.70. The van der Waals surface area contributed by atoms with Gasteiger partial charge >= 0.3 is 6.03 Å². The molecule has 0 saturated carbocycles. The number of carbonyl (C=O) groups excluding carboxylic acids is 1. The fourth-order valence-corrected chi connectivity index (χ4v) is 1.66. The first kappa shape index (κ1) is 10.8. The maximum Gasteiger partial charge on any atom is 0.316 e. The van der Waals surface area contributed by atoms with Crippen LogP contribution < -0.4 is 11.1 Å². The Kier molecular flexibility index (Phi) is 2.97. The molecule has 0 heterocycles. The fraction of sp³-hybridized carbons (Fsp3) is 0. The standard InChI is InChI=1S/C7H7ClN2O3S/c8-14(12,13)6-3-1-2-5(4-6)10-7(9)11/h1-4H,(H3,9,10,11). The summed E-state index contributed by atoms with van der Waals surface area (Å²) in [6.45, 7) is 0. The van der Waals surface area contributed by atoms with Crippen LogP contribution in [0.25, 0.3) is 0 Å². The van der Waals surface area contributed by atoms with Crippen LogP contribution in [0.2, 0.25) is 0 Å². The Morgan fingerprint density at radius 3 is 2.57 bits per heavy atom. The second-order valence-electron chi connectivity index (χ2n) is 2.45. The molecule has 76 valence electrons. The first-order valence-electron chi connectivity index (χ1n) is 3.51. The molecule has 0 bridgehead atoms. The summed E-state index contributed by atoms with van der Waals surface area (Å²) in [5.74, 6) is 0. The molecule has 0 radical (unpaired) electrons. The summed E-state index contributed by atoms with van der Waals surface area (Å²) in [5, 5.41) is 2.23. The van der Waals surface area contributed by atoms with E-state index in [0.717, 1.165) is 0 Å². The average molecular weight is 235 g/mol. The van der Waals surface area contributed by atoms with Crippen LogP contribution in [0, 0.1) is 0 Å². The molecule has 0 aromatic heterocycles. The number of hydrogen-bond donors (Lipinski definition) is 2. The van der Waals surface area contributed by atoms with E-state index in [4.69, 9.17) is 16.4 Å². The predicted octanol–water partition coefficient (Wildman–Crippen LogP) is 1.10. The van der Waals surface area contributed by atoms with Crippen molar-refractivity contribution >= 4 is 31.5 Å². The number of hydrogen-bond acceptors (Lipinski definition) is 3. The normalized spacial score (nSPS) is 10.9. The SMILES string of the molecule is NC(=O)Nc1cccc(S(=O)(=O)Cl)c1. The van der Waals surface area contributed by atoms with E-state index in [1.165, 1.54) is 24.3 Å². The van der Waals surface area contributed by atoms with Gasteiger partial charge in [0.05, 0.1) is 4.90 Å². The van der Waals surface area contributed by atoms with Gasteiger partial charge in [0, 0.05) is 16.4 Å². The van der Waals surface area contributed by atoms with Gasteiger partial charge in [-0.05, 0) is 18.2 Å². The molecule has 1 rings (SSSR count). The summed E-state index contributed by atoms with van der Waals surface area (Å²) >= 11 is 0. The van der Waals surface area contributed by atoms with Crippen molar-refractivity contribution in [2.45, 2.75) is 4.90 Å². The number of primary amides is 1. The Hall–Kier alpha value is -1.27. The average Bonchev–Trinajstić information content (AvgIpc) is 2.01. The molecule has 1 aromatic rings. The molecule has 0 saturated heterocycles. The number of amides is 2. The zero-order chi connectivity index (χ0) is 10.8. The van der Waals surface area contributed by atoms with Gasteiger partial charge in [0.15, 0.2) is 0 Å². The van der Waals surface area contributed by atoms with Crippen molar-refractivity contribution in [3.8, 4) is 0 Å². The van der Waals surface area contributed by atoms with E-state index in [-0.39, 0.29) is 10.6 Å². The maximum absolute atomic E-state index is 10.9. The number of halogens is 1. The maximum atomic E-state index is 10.9. The summed E-state index contributed by atoms with van der Waals surface area (Å²) in [5.41, 5.74) is 5.13. The van der Waals surface area contributed by atoms with Gasteiger partial charge in [-0.25, -0.2) is 13.2 Å². The summed E-state index contributed by atoms with van der Waals surface area (Å²) in [4.78, 5) is 10.4. The second kappa shape index (κ2) is 3.85. The highest BCUT2D eigenvalue weighted by atomic mass is 35.7. The number of anilines is 1. The van der Waals surface area contributed by atoms with Crippen LogP contribution in [0.4, 0.5) is 10.5 Å². The smallest absolute Gasteiger partial charge is 0.316 e. The predicted molar refractivity (Wildman–Crippen MR) is 52.7 cm³/mol. The van der Waals surface area contributed by atoms with E-state index in [1.54, 1.807) is 0 Å². The highest BCUT2D eigenvalue weighted by Crippen LogP contribution is 2.18. The van der Waals surface area contributed by atoms with Gasteiger partial charge in [-0.3, -0.25) is 0 Å². The molecule has 0 spiro atoms. The van der Waals surface area contributed by atoms with E-state index in [9.17, 15) is 13.2 Å². The van der Waals surface area contributed by atoms with Crippen molar-refractivity contribution in [2.75, 3.05) is 5.32 Å². The van der Waals surface area contributed by atoms with Crippen molar-refractivity contribution in [1.82, 2.24) is 0 Å². The molecule has 0 aliphatic rings. The molecule has 2 amide bonds. The first-order chi connectivity index (χ1) is 6.39. The Bertz CT molecular complexity index is 458. The Balaban J connectivity index is 3.08. The third kappa shape index (κ3) is 2.90. The fourth-order valence-electron chi connectivity index (χ4n) is 0.868. The quantitative estimate of drug-likeness (QED) is 0.751. The molecule has 0 unspecified atom stereocenters. The highest BCUT2D eigenvalue weighted by Gasteiger charge is 2.10. The van der Waals surface area contributed by atoms with E-state index in [0.29, 0.717) is 0 Å². The summed E-state index contributed by atoms with van der Waals surface area (Å²) in [7, 11) is 1.31. The van der Waals surface area contributed by atoms with Crippen LogP contribution >= 0.6 is 10.7 Å². The molecule has 0 aliphatic carbocycles. The minimum atomic E-state index is -3.78. The zero-order valence-corrected chi connectivity index (χ0v) is 8.47. The number of urea groups is 1. The van der Waals surface area contributed by atoms with Crippen LogP contribution in [0.15, 0.2) is 29.2 Å². The first-order valence-corrected chi connectivity index (χ1v) is 5.82. The van der Waals surface area contributed by atoms with Crippen molar-refractivity contribution in [2.24, 2.45) is 5.73 Å². The summed E-state index contributed by atoms with van der Waals surface area (Å²) in [6.07, 6.45) is 0. The lowest BCUT2D eigenvalue weighted by molar-refractivity contribution is 0.259. The molecule has 14 heavy (non-hydrogen) atoms. The molecule has 3 N–H and O–H groups in total. The van der Waals surface area contributed by atoms with Crippen molar-refractivity contribution in [3.05, 3.63) is 24.3 Å². The van der Waals surface area contributed by atoms with E-state index >= 15 is 0 Å². The van der Waals surface area contributed by atoms with Crippen molar-refractivity contribution < 1.29 is 13.2 Å². The van der Waals surface area contributed by atoms with Crippen LogP contribution in [0.1, 0.15) is 0 Å². The van der Waals surface area contributed by atoms with Crippen molar-refractivity contribution in [3.63, 3.8) is 0 Å². The molecule has 5 nitrogen and oxygen atoms in total. The van der Waals surface area contributed by atoms with Gasteiger partial charge in [-0.2, -0.15) is 0 Å². The summed E-state index contributed by atoms with van der Waals surface area (Å²) < 4.78 is 21.8. The van der Waals surface area contributed by atoms with Crippen LogP contribution in [-0.4, -0.2) is 14.4 Å². The largest absolute Gasteiger partial charge is 0.351 e. The third-order valence-corrected chi connectivity index (χ3v) is 2.73. The Morgan fingerprint density at radius 1 is 1.43 bits per heavy atom. The molecule has 0 atom stereocenters. The van der Waals surface area contributed by atoms with E-state index in [2.05, 4.69) is 5.32 Å². The van der Waals surface area contributed by atoms with Gasteiger partial charge < -0.3 is 11.1 Å². The number of rotatable bonds is 2. The number of nitrogens with two attached hydrogens (primary N) is 1. The molecule has 0 aliphatic heterocycles. The lowest BCUT2D eigenvalue weighted by Crippen LogP contribution is -2.19. The monoisotopic (exact) mass is 234 g/mol. The van der Waals surface area contributed by atoms with Crippen LogP contribution in [0.3, 0.4) is 0 Å². The van der Waals surface area contributed by atoms with Gasteiger partial charge in [0.1, 0.15) is 0 Å². The number of nitrogens with one attached hydrogen (secondary N) is 1. The van der Waals surface area contributed by atoms with Gasteiger partial charge in [0.25, 0.3) is 9.05 Å². The van der Waals surface area contributed by atoms with Gasteiger partial charge in [-0.1, -0.05) is 6.07 Å². The zero-order valence-electron chi connectivity index (χ0n) is 6.90. The molecular weight excluding hydrogens is 228 g/mol. The Labute approximate surface area is 85.3 Å². The number of benzene rings is 1. The van der Waals surface area contributed by atoms with E-state index < -0.39 is 15.1 Å². The van der Waals surface area contributed by atoms with Crippen molar-refractivity contribution in [1.29, 1.82) is 0 Å². The molecule has 0 fully saturated rings. The highest BCUT2D eigenvalue weighted by molar-refractivity contribution is 8.13. The lowest BCUT2D eigenvalue weighted by atomic mass is 10.3. The third-order valence-electron chi connectivity index (χ3n) is 1.38. The van der Waals surface area contributed by atoms with E-state index in [1.807, 2.05) is 0 Å². The van der Waals surface area contributed by atoms with Crippen LogP contribution in [-0.2, 0) is 9.05 Å². The molecular formula is C7H7ClN2O3S. The topological polar surface area (TPSA) is 89.3 Å². The second-order valence-corrected chi connectivity index (χ2v) is 5.02. The van der Waals surface area contributed by atoms with Gasteiger partial charge in [-0.15, -0.1) is 0 Å².